The summed E-state index contributed by atoms with van der Waals surface area (Å²) in [5.74, 6) is -0.706. The molecule has 9 nitrogen and oxygen atoms in total. The molecule has 1 aliphatic carbocycles. The maximum absolute atomic E-state index is 14.4. The molecule has 204 valence electrons. The van der Waals surface area contributed by atoms with Gasteiger partial charge in [-0.15, -0.1) is 0 Å². The summed E-state index contributed by atoms with van der Waals surface area (Å²) in [5, 5.41) is 15.6. The molecule has 1 saturated carbocycles. The minimum Gasteiger partial charge on any atom is -0.497 e. The smallest absolute Gasteiger partial charge is 0.252 e. The van der Waals surface area contributed by atoms with Crippen LogP contribution in [0.1, 0.15) is 53.3 Å². The summed E-state index contributed by atoms with van der Waals surface area (Å²) >= 11 is 0. The highest BCUT2D eigenvalue weighted by atomic mass is 19.1. The second-order valence-electron chi connectivity index (χ2n) is 9.95. The van der Waals surface area contributed by atoms with Gasteiger partial charge in [-0.1, -0.05) is 6.07 Å². The SMILES string of the molecule is COc1cc(OC)cc(C(=O)NC2(C(=O)NCC3CCN(c4cccc(F)c4C(=O)C(C)O)CC3)CC2)c1. The van der Waals surface area contributed by atoms with E-state index in [1.165, 1.54) is 27.2 Å². The molecule has 1 aliphatic heterocycles. The molecule has 1 heterocycles. The van der Waals surface area contributed by atoms with Crippen molar-refractivity contribution in [3.8, 4) is 11.5 Å². The van der Waals surface area contributed by atoms with Gasteiger partial charge in [-0.3, -0.25) is 14.4 Å². The maximum atomic E-state index is 14.4. The van der Waals surface area contributed by atoms with Crippen LogP contribution in [0.5, 0.6) is 11.5 Å². The molecule has 2 aromatic rings. The van der Waals surface area contributed by atoms with E-state index in [2.05, 4.69) is 10.6 Å². The normalized spacial score (nSPS) is 17.3. The first-order valence-electron chi connectivity index (χ1n) is 12.8. The molecule has 2 amide bonds. The number of ketones is 1. The zero-order valence-electron chi connectivity index (χ0n) is 21.9. The standard InChI is InChI=1S/C28H34FN3O6/c1-17(33)25(34)24-22(29)5-4-6-23(24)32-11-7-18(8-12-32)16-30-27(36)28(9-10-28)31-26(35)19-13-20(37-2)15-21(14-19)38-3/h4-6,13-15,17-18,33H,7-12,16H2,1-3H3,(H,30,36)(H,31,35). The largest absolute Gasteiger partial charge is 0.497 e. The number of anilines is 1. The number of nitrogens with one attached hydrogen (secondary N) is 2. The molecule has 4 rings (SSSR count). The molecule has 2 aliphatic rings. The highest BCUT2D eigenvalue weighted by molar-refractivity contribution is 6.04. The predicted octanol–water partition coefficient (Wildman–Crippen LogP) is 2.70. The lowest BCUT2D eigenvalue weighted by Crippen LogP contribution is -2.50. The molecule has 0 radical (unpaired) electrons. The number of piperidine rings is 1. The van der Waals surface area contributed by atoms with Gasteiger partial charge in [0, 0.05) is 31.3 Å². The fourth-order valence-electron chi connectivity index (χ4n) is 4.78. The van der Waals surface area contributed by atoms with Gasteiger partial charge in [0.1, 0.15) is 29.0 Å². The van der Waals surface area contributed by atoms with Gasteiger partial charge in [-0.25, -0.2) is 4.39 Å². The Hall–Kier alpha value is -3.66. The number of benzene rings is 2. The molecule has 2 fully saturated rings. The number of Topliss-reactive ketones (excluding diaryl/α,β-unsaturated/α-hetero) is 1. The van der Waals surface area contributed by atoms with Crippen LogP contribution in [-0.4, -0.2) is 68.2 Å². The Morgan fingerprint density at radius 3 is 2.29 bits per heavy atom. The van der Waals surface area contributed by atoms with Gasteiger partial charge in [-0.05, 0) is 62.8 Å². The van der Waals surface area contributed by atoms with Crippen molar-refractivity contribution >= 4 is 23.3 Å². The Bertz CT molecular complexity index is 1180. The Labute approximate surface area is 221 Å². The lowest BCUT2D eigenvalue weighted by molar-refractivity contribution is -0.124. The lowest BCUT2D eigenvalue weighted by atomic mass is 9.94. The Kier molecular flexibility index (Phi) is 8.20. The zero-order chi connectivity index (χ0) is 27.4. The quantitative estimate of drug-likeness (QED) is 0.407. The van der Waals surface area contributed by atoms with Gasteiger partial charge in [-0.2, -0.15) is 0 Å². The van der Waals surface area contributed by atoms with Crippen LogP contribution >= 0.6 is 0 Å². The molecule has 38 heavy (non-hydrogen) atoms. The zero-order valence-corrected chi connectivity index (χ0v) is 21.9. The van der Waals surface area contributed by atoms with Crippen molar-refractivity contribution in [2.45, 2.75) is 44.2 Å². The van der Waals surface area contributed by atoms with Gasteiger partial charge < -0.3 is 30.1 Å². The maximum Gasteiger partial charge on any atom is 0.252 e. The Morgan fingerprint density at radius 1 is 1.11 bits per heavy atom. The molecule has 1 unspecified atom stereocenters. The highest BCUT2D eigenvalue weighted by Gasteiger charge is 2.51. The number of aliphatic hydroxyl groups is 1. The molecule has 1 saturated heterocycles. The van der Waals surface area contributed by atoms with Crippen LogP contribution in [0, 0.1) is 11.7 Å². The van der Waals surface area contributed by atoms with E-state index in [9.17, 15) is 23.9 Å². The third-order valence-corrected chi connectivity index (χ3v) is 7.28. The molecule has 3 N–H and O–H groups in total. The summed E-state index contributed by atoms with van der Waals surface area (Å²) < 4.78 is 24.9. The number of amides is 2. The molecular weight excluding hydrogens is 493 g/mol. The number of halogens is 1. The molecule has 2 aromatic carbocycles. The van der Waals surface area contributed by atoms with Crippen molar-refractivity contribution in [1.29, 1.82) is 0 Å². The second kappa shape index (κ2) is 11.4. The highest BCUT2D eigenvalue weighted by Crippen LogP contribution is 2.36. The van der Waals surface area contributed by atoms with Gasteiger partial charge in [0.2, 0.25) is 5.91 Å². The van der Waals surface area contributed by atoms with Crippen LogP contribution in [0.3, 0.4) is 0 Å². The Morgan fingerprint density at radius 2 is 1.74 bits per heavy atom. The van der Waals surface area contributed by atoms with Gasteiger partial charge in [0.25, 0.3) is 5.91 Å². The molecule has 0 bridgehead atoms. The molecule has 1 atom stereocenters. The first-order valence-corrected chi connectivity index (χ1v) is 12.8. The third kappa shape index (κ3) is 5.91. The van der Waals surface area contributed by atoms with E-state index < -0.39 is 23.2 Å². The molecule has 0 aromatic heterocycles. The van der Waals surface area contributed by atoms with Crippen molar-refractivity contribution < 1.29 is 33.4 Å². The lowest BCUT2D eigenvalue weighted by Gasteiger charge is -2.35. The number of hydrogen-bond acceptors (Lipinski definition) is 7. The number of hydrogen-bond donors (Lipinski definition) is 3. The van der Waals surface area contributed by atoms with Crippen LogP contribution in [0.4, 0.5) is 10.1 Å². The summed E-state index contributed by atoms with van der Waals surface area (Å²) in [6, 6.07) is 9.33. The summed E-state index contributed by atoms with van der Waals surface area (Å²) in [6.45, 7) is 2.96. The van der Waals surface area contributed by atoms with Crippen LogP contribution in [0.15, 0.2) is 36.4 Å². The average Bonchev–Trinajstić information content (AvgIpc) is 3.71. The first kappa shape index (κ1) is 27.4. The number of aliphatic hydroxyl groups excluding tert-OH is 1. The summed E-state index contributed by atoms with van der Waals surface area (Å²) in [5.41, 5.74) is -0.189. The van der Waals surface area contributed by atoms with E-state index >= 15 is 0 Å². The summed E-state index contributed by atoms with van der Waals surface area (Å²) in [7, 11) is 3.01. The van der Waals surface area contributed by atoms with Crippen LogP contribution in [-0.2, 0) is 4.79 Å². The number of ether oxygens (including phenoxy) is 2. The number of carbonyl (C=O) groups is 3. The number of carbonyl (C=O) groups excluding carboxylic acids is 3. The topological polar surface area (TPSA) is 117 Å². The van der Waals surface area contributed by atoms with Gasteiger partial charge >= 0.3 is 0 Å². The Balaban J connectivity index is 1.31. The minimum atomic E-state index is -1.29. The first-order chi connectivity index (χ1) is 18.2. The van der Waals surface area contributed by atoms with Crippen LogP contribution in [0.25, 0.3) is 0 Å². The third-order valence-electron chi connectivity index (χ3n) is 7.28. The van der Waals surface area contributed by atoms with Crippen molar-refractivity contribution in [2.75, 3.05) is 38.8 Å². The van der Waals surface area contributed by atoms with Gasteiger partial charge in [0.15, 0.2) is 5.78 Å². The van der Waals surface area contributed by atoms with E-state index in [-0.39, 0.29) is 23.3 Å². The average molecular weight is 528 g/mol. The summed E-state index contributed by atoms with van der Waals surface area (Å²) in [6.07, 6.45) is 1.30. The molecular formula is C28H34FN3O6. The van der Waals surface area contributed by atoms with E-state index in [4.69, 9.17) is 9.47 Å². The van der Waals surface area contributed by atoms with E-state index in [1.54, 1.807) is 30.3 Å². The van der Waals surface area contributed by atoms with Crippen molar-refractivity contribution in [2.24, 2.45) is 5.92 Å². The van der Waals surface area contributed by atoms with Crippen LogP contribution in [0.2, 0.25) is 0 Å². The van der Waals surface area contributed by atoms with Crippen LogP contribution < -0.4 is 25.0 Å². The van der Waals surface area contributed by atoms with Gasteiger partial charge in [0.05, 0.1) is 25.5 Å². The van der Waals surface area contributed by atoms with Crippen molar-refractivity contribution in [3.63, 3.8) is 0 Å². The van der Waals surface area contributed by atoms with E-state index in [0.717, 1.165) is 12.8 Å². The summed E-state index contributed by atoms with van der Waals surface area (Å²) in [4.78, 5) is 40.2. The van der Waals surface area contributed by atoms with Crippen molar-refractivity contribution in [1.82, 2.24) is 10.6 Å². The second-order valence-corrected chi connectivity index (χ2v) is 9.95. The van der Waals surface area contributed by atoms with E-state index in [0.29, 0.717) is 55.2 Å². The number of nitrogens with zero attached hydrogens (tertiary/aromatic N) is 1. The molecule has 0 spiro atoms. The monoisotopic (exact) mass is 527 g/mol. The fraction of sp³-hybridized carbons (Fsp3) is 0.464. The number of rotatable bonds is 10. The predicted molar refractivity (Wildman–Crippen MR) is 139 cm³/mol. The molecule has 10 heteroatoms. The van der Waals surface area contributed by atoms with E-state index in [1.807, 2.05) is 4.90 Å². The number of methoxy groups -OCH3 is 2. The fourth-order valence-corrected chi connectivity index (χ4v) is 4.78. The van der Waals surface area contributed by atoms with Crippen molar-refractivity contribution in [3.05, 3.63) is 53.3 Å². The minimum absolute atomic E-state index is 0.0886.